The van der Waals surface area contributed by atoms with Gasteiger partial charge in [-0.25, -0.2) is 9.67 Å². The third kappa shape index (κ3) is 3.52. The minimum atomic E-state index is 0.647. The van der Waals surface area contributed by atoms with E-state index in [0.717, 1.165) is 23.4 Å². The Morgan fingerprint density at radius 1 is 1.33 bits per heavy atom. The summed E-state index contributed by atoms with van der Waals surface area (Å²) in [6, 6.07) is 4.02. The summed E-state index contributed by atoms with van der Waals surface area (Å²) in [4.78, 5) is 4.47. The van der Waals surface area contributed by atoms with Crippen molar-refractivity contribution in [2.24, 2.45) is 5.92 Å². The smallest absolute Gasteiger partial charge is 0.153 e. The van der Waals surface area contributed by atoms with E-state index >= 15 is 0 Å². The van der Waals surface area contributed by atoms with Gasteiger partial charge in [-0.05, 0) is 53.4 Å². The van der Waals surface area contributed by atoms with Gasteiger partial charge in [-0.1, -0.05) is 13.8 Å². The predicted octanol–water partition coefficient (Wildman–Crippen LogP) is 3.65. The summed E-state index contributed by atoms with van der Waals surface area (Å²) < 4.78 is 3.00. The van der Waals surface area contributed by atoms with Crippen LogP contribution in [0.25, 0.3) is 5.82 Å². The second kappa shape index (κ2) is 6.28. The fourth-order valence-electron chi connectivity index (χ4n) is 2.49. The highest BCUT2D eigenvalue weighted by Crippen LogP contribution is 2.42. The SMILES string of the molecule is CC(C)CNCc1cnn(-c2ccc(Br)cn2)c1C1CC1. The first-order chi connectivity index (χ1) is 10.1. The fourth-order valence-corrected chi connectivity index (χ4v) is 2.73. The molecule has 2 aromatic rings. The van der Waals surface area contributed by atoms with Crippen LogP contribution in [0.15, 0.2) is 29.0 Å². The van der Waals surface area contributed by atoms with Crippen molar-refractivity contribution in [1.29, 1.82) is 0 Å². The van der Waals surface area contributed by atoms with Crippen LogP contribution in [0.3, 0.4) is 0 Å². The minimum absolute atomic E-state index is 0.647. The van der Waals surface area contributed by atoms with Gasteiger partial charge < -0.3 is 5.32 Å². The average molecular weight is 349 g/mol. The van der Waals surface area contributed by atoms with E-state index in [-0.39, 0.29) is 0 Å². The van der Waals surface area contributed by atoms with Crippen LogP contribution in [0.2, 0.25) is 0 Å². The number of rotatable bonds is 6. The van der Waals surface area contributed by atoms with Crippen LogP contribution in [0.1, 0.15) is 43.9 Å². The van der Waals surface area contributed by atoms with Crippen LogP contribution < -0.4 is 5.32 Å². The highest BCUT2D eigenvalue weighted by molar-refractivity contribution is 9.10. The summed E-state index contributed by atoms with van der Waals surface area (Å²) in [5.74, 6) is 2.21. The lowest BCUT2D eigenvalue weighted by molar-refractivity contribution is 0.550. The third-order valence-electron chi connectivity index (χ3n) is 3.65. The predicted molar refractivity (Wildman–Crippen MR) is 87.6 cm³/mol. The first-order valence-electron chi connectivity index (χ1n) is 7.54. The van der Waals surface area contributed by atoms with E-state index in [1.54, 1.807) is 0 Å². The Bertz CT molecular complexity index is 599. The van der Waals surface area contributed by atoms with Gasteiger partial charge in [0, 0.05) is 28.7 Å². The molecule has 1 fully saturated rings. The molecule has 0 unspecified atom stereocenters. The molecule has 0 radical (unpaired) electrons. The van der Waals surface area contributed by atoms with E-state index in [2.05, 4.69) is 45.2 Å². The lowest BCUT2D eigenvalue weighted by Crippen LogP contribution is -2.19. The first kappa shape index (κ1) is 14.7. The maximum atomic E-state index is 4.57. The largest absolute Gasteiger partial charge is 0.312 e. The summed E-state index contributed by atoms with van der Waals surface area (Å²) in [5, 5.41) is 8.09. The molecule has 112 valence electrons. The van der Waals surface area contributed by atoms with Crippen LogP contribution in [-0.2, 0) is 6.54 Å². The Balaban J connectivity index is 1.84. The zero-order valence-electron chi connectivity index (χ0n) is 12.5. The van der Waals surface area contributed by atoms with Gasteiger partial charge in [-0.2, -0.15) is 5.10 Å². The molecular weight excluding hydrogens is 328 g/mol. The van der Waals surface area contributed by atoms with Gasteiger partial charge in [0.2, 0.25) is 0 Å². The standard InChI is InChI=1S/C16H21BrN4/c1-11(2)7-18-8-13-9-20-21(16(13)12-3-4-12)15-6-5-14(17)10-19-15/h5-6,9-12,18H,3-4,7-8H2,1-2H3. The second-order valence-electron chi connectivity index (χ2n) is 6.10. The molecule has 0 saturated heterocycles. The molecule has 3 rings (SSSR count). The number of aromatic nitrogens is 3. The number of hydrogen-bond donors (Lipinski definition) is 1. The van der Waals surface area contributed by atoms with Gasteiger partial charge in [0.25, 0.3) is 0 Å². The fraction of sp³-hybridized carbons (Fsp3) is 0.500. The molecular formula is C16H21BrN4. The first-order valence-corrected chi connectivity index (χ1v) is 8.34. The van der Waals surface area contributed by atoms with Crippen molar-refractivity contribution in [3.05, 3.63) is 40.3 Å². The highest BCUT2D eigenvalue weighted by Gasteiger charge is 2.30. The molecule has 0 spiro atoms. The molecule has 0 aromatic carbocycles. The van der Waals surface area contributed by atoms with Crippen molar-refractivity contribution in [2.75, 3.05) is 6.54 Å². The molecule has 1 saturated carbocycles. The zero-order chi connectivity index (χ0) is 14.8. The van der Waals surface area contributed by atoms with Crippen LogP contribution >= 0.6 is 15.9 Å². The zero-order valence-corrected chi connectivity index (χ0v) is 14.1. The lowest BCUT2D eigenvalue weighted by Gasteiger charge is -2.10. The van der Waals surface area contributed by atoms with Gasteiger partial charge in [-0.3, -0.25) is 0 Å². The van der Waals surface area contributed by atoms with E-state index in [4.69, 9.17) is 0 Å². The van der Waals surface area contributed by atoms with Crippen molar-refractivity contribution >= 4 is 15.9 Å². The summed E-state index contributed by atoms with van der Waals surface area (Å²) in [6.07, 6.45) is 6.34. The molecule has 1 aliphatic carbocycles. The van der Waals surface area contributed by atoms with Crippen LogP contribution in [0.4, 0.5) is 0 Å². The van der Waals surface area contributed by atoms with Gasteiger partial charge in [0.1, 0.15) is 0 Å². The second-order valence-corrected chi connectivity index (χ2v) is 7.02. The van der Waals surface area contributed by atoms with Crippen LogP contribution in [0.5, 0.6) is 0 Å². The number of hydrogen-bond acceptors (Lipinski definition) is 3. The molecule has 0 bridgehead atoms. The van der Waals surface area contributed by atoms with Crippen molar-refractivity contribution in [1.82, 2.24) is 20.1 Å². The van der Waals surface area contributed by atoms with Gasteiger partial charge in [0.15, 0.2) is 5.82 Å². The molecule has 1 aliphatic rings. The Kier molecular flexibility index (Phi) is 4.40. The van der Waals surface area contributed by atoms with Crippen molar-refractivity contribution in [2.45, 2.75) is 39.2 Å². The molecule has 2 aromatic heterocycles. The van der Waals surface area contributed by atoms with Crippen molar-refractivity contribution in [3.8, 4) is 5.82 Å². The molecule has 2 heterocycles. The van der Waals surface area contributed by atoms with E-state index in [1.807, 2.05) is 29.2 Å². The Labute approximate surface area is 134 Å². The topological polar surface area (TPSA) is 42.7 Å². The average Bonchev–Trinajstić information content (AvgIpc) is 3.21. The van der Waals surface area contributed by atoms with E-state index < -0.39 is 0 Å². The van der Waals surface area contributed by atoms with E-state index in [9.17, 15) is 0 Å². The Morgan fingerprint density at radius 3 is 2.76 bits per heavy atom. The summed E-state index contributed by atoms with van der Waals surface area (Å²) in [5.41, 5.74) is 2.64. The molecule has 5 heteroatoms. The molecule has 4 nitrogen and oxygen atoms in total. The number of pyridine rings is 1. The number of halogens is 1. The maximum Gasteiger partial charge on any atom is 0.153 e. The van der Waals surface area contributed by atoms with E-state index in [1.165, 1.54) is 24.1 Å². The van der Waals surface area contributed by atoms with Crippen LogP contribution in [-0.4, -0.2) is 21.3 Å². The lowest BCUT2D eigenvalue weighted by atomic mass is 10.1. The van der Waals surface area contributed by atoms with Crippen molar-refractivity contribution < 1.29 is 0 Å². The molecule has 1 N–H and O–H groups in total. The summed E-state index contributed by atoms with van der Waals surface area (Å²) >= 11 is 3.43. The van der Waals surface area contributed by atoms with E-state index in [0.29, 0.717) is 11.8 Å². The molecule has 0 atom stereocenters. The monoisotopic (exact) mass is 348 g/mol. The summed E-state index contributed by atoms with van der Waals surface area (Å²) in [6.45, 7) is 6.38. The Hall–Kier alpha value is -1.20. The van der Waals surface area contributed by atoms with Crippen molar-refractivity contribution in [3.63, 3.8) is 0 Å². The quantitative estimate of drug-likeness (QED) is 0.866. The van der Waals surface area contributed by atoms with Gasteiger partial charge >= 0.3 is 0 Å². The molecule has 0 amide bonds. The molecule has 0 aliphatic heterocycles. The van der Waals surface area contributed by atoms with Crippen LogP contribution in [0, 0.1) is 5.92 Å². The highest BCUT2D eigenvalue weighted by atomic mass is 79.9. The number of nitrogens with one attached hydrogen (secondary N) is 1. The van der Waals surface area contributed by atoms with Gasteiger partial charge in [-0.15, -0.1) is 0 Å². The normalized spacial score (nSPS) is 14.9. The Morgan fingerprint density at radius 2 is 2.14 bits per heavy atom. The minimum Gasteiger partial charge on any atom is -0.312 e. The maximum absolute atomic E-state index is 4.57. The third-order valence-corrected chi connectivity index (χ3v) is 4.12. The number of nitrogens with zero attached hydrogens (tertiary/aromatic N) is 3. The molecule has 21 heavy (non-hydrogen) atoms. The van der Waals surface area contributed by atoms with Gasteiger partial charge in [0.05, 0.1) is 11.9 Å². The summed E-state index contributed by atoms with van der Waals surface area (Å²) in [7, 11) is 0.